The SMILES string of the molecule is CS(=O)(=O)N(CC(=O)N1CCN(C(c2ccccc2)c2ccccc2)CC1)c1cccc(Cl)c1. The molecule has 0 spiro atoms. The van der Waals surface area contributed by atoms with Gasteiger partial charge in [-0.05, 0) is 29.3 Å². The molecule has 178 valence electrons. The fourth-order valence-electron chi connectivity index (χ4n) is 4.37. The van der Waals surface area contributed by atoms with E-state index in [4.69, 9.17) is 11.6 Å². The fraction of sp³-hybridized carbons (Fsp3) is 0.269. The van der Waals surface area contributed by atoms with Gasteiger partial charge >= 0.3 is 0 Å². The molecule has 1 fully saturated rings. The summed E-state index contributed by atoms with van der Waals surface area (Å²) in [6, 6.07) is 27.3. The molecule has 1 saturated heterocycles. The van der Waals surface area contributed by atoms with Crippen molar-refractivity contribution >= 4 is 33.2 Å². The maximum absolute atomic E-state index is 13.1. The van der Waals surface area contributed by atoms with E-state index in [2.05, 4.69) is 29.2 Å². The van der Waals surface area contributed by atoms with Crippen molar-refractivity contribution in [3.63, 3.8) is 0 Å². The minimum atomic E-state index is -3.65. The number of piperazine rings is 1. The zero-order chi connectivity index (χ0) is 24.1. The van der Waals surface area contributed by atoms with Crippen LogP contribution in [0, 0.1) is 0 Å². The van der Waals surface area contributed by atoms with Gasteiger partial charge in [0, 0.05) is 31.2 Å². The summed E-state index contributed by atoms with van der Waals surface area (Å²) in [5.41, 5.74) is 2.80. The third-order valence-electron chi connectivity index (χ3n) is 6.04. The van der Waals surface area contributed by atoms with Crippen molar-refractivity contribution in [2.45, 2.75) is 6.04 Å². The standard InChI is InChI=1S/C26H28ClN3O3S/c1-34(32,33)30(24-14-8-13-23(27)19-24)20-25(31)28-15-17-29(18-16-28)26(21-9-4-2-5-10-21)22-11-6-3-7-12-22/h2-14,19,26H,15-18,20H2,1H3. The first-order valence-electron chi connectivity index (χ1n) is 11.2. The zero-order valence-electron chi connectivity index (χ0n) is 19.0. The fourth-order valence-corrected chi connectivity index (χ4v) is 5.39. The predicted molar refractivity (Wildman–Crippen MR) is 137 cm³/mol. The molecule has 6 nitrogen and oxygen atoms in total. The molecule has 3 aromatic carbocycles. The highest BCUT2D eigenvalue weighted by Gasteiger charge is 2.30. The van der Waals surface area contributed by atoms with E-state index in [-0.39, 0.29) is 18.5 Å². The molecule has 0 atom stereocenters. The number of hydrogen-bond acceptors (Lipinski definition) is 4. The van der Waals surface area contributed by atoms with Gasteiger partial charge in [-0.3, -0.25) is 14.0 Å². The lowest BCUT2D eigenvalue weighted by Crippen LogP contribution is -2.52. The van der Waals surface area contributed by atoms with Crippen LogP contribution < -0.4 is 4.31 Å². The molecule has 4 rings (SSSR count). The van der Waals surface area contributed by atoms with Crippen molar-refractivity contribution in [3.8, 4) is 0 Å². The van der Waals surface area contributed by atoms with Gasteiger partial charge in [-0.15, -0.1) is 0 Å². The molecule has 1 aliphatic rings. The first kappa shape index (κ1) is 24.3. The van der Waals surface area contributed by atoms with Crippen molar-refractivity contribution in [2.24, 2.45) is 0 Å². The lowest BCUT2D eigenvalue weighted by molar-refractivity contribution is -0.131. The Bertz CT molecular complexity index is 1170. The Balaban J connectivity index is 1.47. The Kier molecular flexibility index (Phi) is 7.56. The minimum Gasteiger partial charge on any atom is -0.339 e. The molecule has 1 aliphatic heterocycles. The van der Waals surface area contributed by atoms with Crippen LogP contribution in [-0.2, 0) is 14.8 Å². The van der Waals surface area contributed by atoms with Crippen LogP contribution in [0.2, 0.25) is 5.02 Å². The van der Waals surface area contributed by atoms with Crippen LogP contribution in [0.4, 0.5) is 5.69 Å². The number of benzene rings is 3. The average Bonchev–Trinajstić information content (AvgIpc) is 2.84. The second-order valence-corrected chi connectivity index (χ2v) is 10.7. The van der Waals surface area contributed by atoms with Crippen LogP contribution in [0.5, 0.6) is 0 Å². The highest BCUT2D eigenvalue weighted by Crippen LogP contribution is 2.29. The summed E-state index contributed by atoms with van der Waals surface area (Å²) in [6.45, 7) is 2.19. The van der Waals surface area contributed by atoms with Gasteiger partial charge in [0.05, 0.1) is 18.0 Å². The number of hydrogen-bond donors (Lipinski definition) is 0. The molecule has 0 unspecified atom stereocenters. The van der Waals surface area contributed by atoms with Crippen LogP contribution in [0.15, 0.2) is 84.9 Å². The molecule has 0 N–H and O–H groups in total. The van der Waals surface area contributed by atoms with E-state index in [1.165, 1.54) is 11.1 Å². The number of amides is 1. The second-order valence-electron chi connectivity index (χ2n) is 8.39. The summed E-state index contributed by atoms with van der Waals surface area (Å²) in [7, 11) is -3.65. The summed E-state index contributed by atoms with van der Waals surface area (Å²) in [5, 5.41) is 0.417. The third-order valence-corrected chi connectivity index (χ3v) is 7.41. The van der Waals surface area contributed by atoms with Crippen LogP contribution in [-0.4, -0.2) is 63.1 Å². The normalized spacial score (nSPS) is 14.9. The molecule has 3 aromatic rings. The topological polar surface area (TPSA) is 60.9 Å². The Hall–Kier alpha value is -2.87. The van der Waals surface area contributed by atoms with E-state index >= 15 is 0 Å². The summed E-state index contributed by atoms with van der Waals surface area (Å²) >= 11 is 6.05. The molecule has 1 amide bonds. The highest BCUT2D eigenvalue weighted by atomic mass is 35.5. The predicted octanol–water partition coefficient (Wildman–Crippen LogP) is 4.04. The molecule has 1 heterocycles. The summed E-state index contributed by atoms with van der Waals surface area (Å²) < 4.78 is 26.0. The largest absolute Gasteiger partial charge is 0.339 e. The van der Waals surface area contributed by atoms with Crippen molar-refractivity contribution < 1.29 is 13.2 Å². The van der Waals surface area contributed by atoms with Crippen LogP contribution in [0.1, 0.15) is 17.2 Å². The molecule has 8 heteroatoms. The van der Waals surface area contributed by atoms with Crippen LogP contribution in [0.3, 0.4) is 0 Å². The van der Waals surface area contributed by atoms with Gasteiger partial charge in [0.25, 0.3) is 0 Å². The van der Waals surface area contributed by atoms with E-state index in [1.54, 1.807) is 29.2 Å². The number of rotatable bonds is 7. The maximum Gasteiger partial charge on any atom is 0.243 e. The van der Waals surface area contributed by atoms with Gasteiger partial charge in [-0.2, -0.15) is 0 Å². The first-order valence-corrected chi connectivity index (χ1v) is 13.4. The molecule has 0 saturated carbocycles. The Morgan fingerprint density at radius 1 is 0.882 bits per heavy atom. The molecule has 0 radical (unpaired) electrons. The van der Waals surface area contributed by atoms with E-state index < -0.39 is 10.0 Å². The Morgan fingerprint density at radius 3 is 1.94 bits per heavy atom. The lowest BCUT2D eigenvalue weighted by Gasteiger charge is -2.40. The minimum absolute atomic E-state index is 0.0960. The molecular weight excluding hydrogens is 470 g/mol. The van der Waals surface area contributed by atoms with Crippen LogP contribution in [0.25, 0.3) is 0 Å². The Labute approximate surface area is 206 Å². The van der Waals surface area contributed by atoms with Crippen molar-refractivity contribution in [1.82, 2.24) is 9.80 Å². The lowest BCUT2D eigenvalue weighted by atomic mass is 9.96. The van der Waals surface area contributed by atoms with Crippen molar-refractivity contribution in [1.29, 1.82) is 0 Å². The number of carbonyl (C=O) groups excluding carboxylic acids is 1. The number of nitrogens with zero attached hydrogens (tertiary/aromatic N) is 3. The number of halogens is 1. The van der Waals surface area contributed by atoms with Gasteiger partial charge in [-0.25, -0.2) is 8.42 Å². The number of anilines is 1. The van der Waals surface area contributed by atoms with E-state index in [0.717, 1.165) is 10.6 Å². The average molecular weight is 498 g/mol. The van der Waals surface area contributed by atoms with Crippen molar-refractivity contribution in [2.75, 3.05) is 43.3 Å². The molecule has 34 heavy (non-hydrogen) atoms. The molecule has 0 aromatic heterocycles. The quantitative estimate of drug-likeness (QED) is 0.494. The third kappa shape index (κ3) is 5.78. The van der Waals surface area contributed by atoms with Crippen molar-refractivity contribution in [3.05, 3.63) is 101 Å². The smallest absolute Gasteiger partial charge is 0.243 e. The van der Waals surface area contributed by atoms with Gasteiger partial charge in [0.1, 0.15) is 6.54 Å². The van der Waals surface area contributed by atoms with Gasteiger partial charge in [0.2, 0.25) is 15.9 Å². The first-order chi connectivity index (χ1) is 16.3. The molecular formula is C26H28ClN3O3S. The summed E-state index contributed by atoms with van der Waals surface area (Å²) in [4.78, 5) is 17.2. The number of sulfonamides is 1. The van der Waals surface area contributed by atoms with Crippen LogP contribution >= 0.6 is 11.6 Å². The summed E-state index contributed by atoms with van der Waals surface area (Å²) in [6.07, 6.45) is 1.10. The van der Waals surface area contributed by atoms with Gasteiger partial charge < -0.3 is 4.90 Å². The Morgan fingerprint density at radius 2 is 1.44 bits per heavy atom. The molecule has 0 aliphatic carbocycles. The van der Waals surface area contributed by atoms with E-state index in [9.17, 15) is 13.2 Å². The van der Waals surface area contributed by atoms with Gasteiger partial charge in [-0.1, -0.05) is 78.3 Å². The van der Waals surface area contributed by atoms with E-state index in [0.29, 0.717) is 36.9 Å². The highest BCUT2D eigenvalue weighted by molar-refractivity contribution is 7.92. The zero-order valence-corrected chi connectivity index (χ0v) is 20.6. The van der Waals surface area contributed by atoms with E-state index in [1.807, 2.05) is 36.4 Å². The maximum atomic E-state index is 13.1. The number of carbonyl (C=O) groups is 1. The summed E-state index contributed by atoms with van der Waals surface area (Å²) in [5.74, 6) is -0.221. The molecule has 0 bridgehead atoms. The van der Waals surface area contributed by atoms with Gasteiger partial charge in [0.15, 0.2) is 0 Å². The monoisotopic (exact) mass is 497 g/mol. The second kappa shape index (κ2) is 10.6.